The Bertz CT molecular complexity index is 1360. The fourth-order valence-corrected chi connectivity index (χ4v) is 6.53. The molecule has 2 aliphatic rings. The van der Waals surface area contributed by atoms with Crippen LogP contribution in [0.1, 0.15) is 35.1 Å². The molecule has 4 aromatic rings. The van der Waals surface area contributed by atoms with Gasteiger partial charge in [0, 0.05) is 27.2 Å². The van der Waals surface area contributed by atoms with E-state index in [4.69, 9.17) is 28.2 Å². The van der Waals surface area contributed by atoms with Gasteiger partial charge >= 0.3 is 0 Å². The van der Waals surface area contributed by atoms with E-state index in [0.717, 1.165) is 27.5 Å². The zero-order chi connectivity index (χ0) is 21.1. The minimum absolute atomic E-state index is 0.161. The lowest BCUT2D eigenvalue weighted by Crippen LogP contribution is -2.29. The van der Waals surface area contributed by atoms with Crippen LogP contribution in [0.15, 0.2) is 66.7 Å². The van der Waals surface area contributed by atoms with Gasteiger partial charge in [-0.1, -0.05) is 47.5 Å². The molecule has 0 radical (unpaired) electrons. The van der Waals surface area contributed by atoms with Crippen molar-refractivity contribution < 1.29 is 0 Å². The Labute approximate surface area is 195 Å². The van der Waals surface area contributed by atoms with E-state index in [1.165, 1.54) is 27.1 Å². The van der Waals surface area contributed by atoms with Crippen LogP contribution in [-0.2, 0) is 0 Å². The van der Waals surface area contributed by atoms with Gasteiger partial charge in [0.05, 0.1) is 16.3 Å². The average Bonchev–Trinajstić information content (AvgIpc) is 3.40. The molecule has 3 aromatic carbocycles. The number of benzene rings is 3. The number of thiazole rings is 1. The molecule has 0 bridgehead atoms. The van der Waals surface area contributed by atoms with Crippen molar-refractivity contribution in [2.24, 2.45) is 5.92 Å². The number of anilines is 1. The fourth-order valence-electron chi connectivity index (χ4n) is 4.94. The van der Waals surface area contributed by atoms with Gasteiger partial charge in [-0.05, 0) is 78.4 Å². The lowest BCUT2D eigenvalue weighted by atomic mass is 9.76. The van der Waals surface area contributed by atoms with Crippen molar-refractivity contribution in [1.29, 1.82) is 0 Å². The molecule has 2 heterocycles. The summed E-state index contributed by atoms with van der Waals surface area (Å²) in [6.07, 6.45) is 5.69. The summed E-state index contributed by atoms with van der Waals surface area (Å²) >= 11 is 14.5. The van der Waals surface area contributed by atoms with Gasteiger partial charge < -0.3 is 5.32 Å². The normalized spacial score (nSPS) is 21.7. The first kappa shape index (κ1) is 19.4. The van der Waals surface area contributed by atoms with E-state index in [9.17, 15) is 0 Å². The predicted molar refractivity (Wildman–Crippen MR) is 133 cm³/mol. The van der Waals surface area contributed by atoms with Crippen LogP contribution in [0.3, 0.4) is 0 Å². The van der Waals surface area contributed by atoms with Crippen molar-refractivity contribution in [3.05, 3.63) is 93.5 Å². The summed E-state index contributed by atoms with van der Waals surface area (Å²) in [6.45, 7) is 2.12. The van der Waals surface area contributed by atoms with Crippen molar-refractivity contribution in [2.75, 3.05) is 5.32 Å². The first-order valence-corrected chi connectivity index (χ1v) is 12.0. The number of hydrogen-bond donors (Lipinski definition) is 1. The molecule has 0 amide bonds. The highest BCUT2D eigenvalue weighted by molar-refractivity contribution is 7.21. The molecule has 31 heavy (non-hydrogen) atoms. The summed E-state index contributed by atoms with van der Waals surface area (Å²) in [6, 6.07) is 19.1. The van der Waals surface area contributed by atoms with E-state index in [2.05, 4.69) is 66.9 Å². The number of aryl methyl sites for hydroxylation is 1. The summed E-state index contributed by atoms with van der Waals surface area (Å²) in [5, 5.41) is 6.24. The van der Waals surface area contributed by atoms with Crippen LogP contribution in [-0.4, -0.2) is 4.98 Å². The molecule has 3 atom stereocenters. The SMILES string of the molecule is Cc1ccc2nc(-c3ccc4c(c3)[C@@H]3C=CC[C@@H]3[C@H](c3ccc(Cl)cc3Cl)N4)sc2c1. The van der Waals surface area contributed by atoms with E-state index in [1.54, 1.807) is 11.3 Å². The topological polar surface area (TPSA) is 24.9 Å². The minimum atomic E-state index is 0.161. The van der Waals surface area contributed by atoms with Gasteiger partial charge in [-0.25, -0.2) is 4.98 Å². The highest BCUT2D eigenvalue weighted by Gasteiger charge is 2.38. The van der Waals surface area contributed by atoms with Crippen molar-refractivity contribution in [1.82, 2.24) is 4.98 Å². The van der Waals surface area contributed by atoms with E-state index in [0.29, 0.717) is 16.9 Å². The summed E-state index contributed by atoms with van der Waals surface area (Å²) in [4.78, 5) is 4.89. The number of hydrogen-bond acceptors (Lipinski definition) is 3. The molecule has 0 fully saturated rings. The zero-order valence-corrected chi connectivity index (χ0v) is 19.2. The molecule has 1 aliphatic heterocycles. The lowest BCUT2D eigenvalue weighted by Gasteiger charge is -2.38. The van der Waals surface area contributed by atoms with E-state index in [1.807, 2.05) is 12.1 Å². The summed E-state index contributed by atoms with van der Waals surface area (Å²) in [5.74, 6) is 0.795. The van der Waals surface area contributed by atoms with Gasteiger partial charge in [-0.2, -0.15) is 0 Å². The van der Waals surface area contributed by atoms with Gasteiger partial charge in [-0.3, -0.25) is 0 Å². The molecule has 0 saturated heterocycles. The number of aromatic nitrogens is 1. The Balaban J connectivity index is 1.42. The van der Waals surface area contributed by atoms with Crippen molar-refractivity contribution >= 4 is 50.4 Å². The second-order valence-electron chi connectivity index (χ2n) is 8.43. The Kier molecular flexibility index (Phi) is 4.60. The lowest BCUT2D eigenvalue weighted by molar-refractivity contribution is 0.426. The number of nitrogens with zero attached hydrogens (tertiary/aromatic N) is 1. The molecule has 154 valence electrons. The summed E-state index contributed by atoms with van der Waals surface area (Å²) in [7, 11) is 0. The van der Waals surface area contributed by atoms with Crippen molar-refractivity contribution in [2.45, 2.75) is 25.3 Å². The number of halogens is 2. The highest BCUT2D eigenvalue weighted by Crippen LogP contribution is 2.51. The standard InChI is InChI=1S/C26H20Cl2N2S/c1-14-5-9-23-24(11-14)31-26(30-23)15-6-10-22-20(12-15)17-3-2-4-18(17)25(29-22)19-8-7-16(27)13-21(19)28/h2-3,5-13,17-18,25,29H,4H2,1H3/t17-,18+,25-/m1/s1. The molecule has 1 aliphatic carbocycles. The highest BCUT2D eigenvalue weighted by atomic mass is 35.5. The van der Waals surface area contributed by atoms with Gasteiger partial charge in [0.1, 0.15) is 5.01 Å². The Morgan fingerprint density at radius 3 is 2.77 bits per heavy atom. The third-order valence-corrected chi connectivity index (χ3v) is 8.08. The second kappa shape index (κ2) is 7.37. The molecule has 0 spiro atoms. The van der Waals surface area contributed by atoms with Gasteiger partial charge in [0.15, 0.2) is 0 Å². The third kappa shape index (κ3) is 3.27. The van der Waals surface area contributed by atoms with Gasteiger partial charge in [-0.15, -0.1) is 11.3 Å². The predicted octanol–water partition coefficient (Wildman–Crippen LogP) is 8.41. The molecule has 1 aromatic heterocycles. The molecule has 6 rings (SSSR count). The Morgan fingerprint density at radius 2 is 1.90 bits per heavy atom. The fraction of sp³-hybridized carbons (Fsp3) is 0.192. The maximum Gasteiger partial charge on any atom is 0.124 e. The number of fused-ring (bicyclic) bond motifs is 4. The van der Waals surface area contributed by atoms with E-state index >= 15 is 0 Å². The number of allylic oxidation sites excluding steroid dienone is 2. The number of nitrogens with one attached hydrogen (secondary N) is 1. The van der Waals surface area contributed by atoms with E-state index < -0.39 is 0 Å². The summed E-state index contributed by atoms with van der Waals surface area (Å²) in [5.41, 5.74) is 7.14. The maximum absolute atomic E-state index is 6.58. The molecule has 0 saturated carbocycles. The van der Waals surface area contributed by atoms with Crippen LogP contribution >= 0.6 is 34.5 Å². The van der Waals surface area contributed by atoms with Crippen LogP contribution in [0.25, 0.3) is 20.8 Å². The molecule has 5 heteroatoms. The van der Waals surface area contributed by atoms with Gasteiger partial charge in [0.2, 0.25) is 0 Å². The van der Waals surface area contributed by atoms with Crippen LogP contribution in [0.5, 0.6) is 0 Å². The summed E-state index contributed by atoms with van der Waals surface area (Å²) < 4.78 is 1.24. The first-order chi connectivity index (χ1) is 15.1. The molecule has 1 N–H and O–H groups in total. The molecular weight excluding hydrogens is 443 g/mol. The monoisotopic (exact) mass is 462 g/mol. The average molecular weight is 463 g/mol. The third-order valence-electron chi connectivity index (χ3n) is 6.45. The Hall–Kier alpha value is -2.33. The maximum atomic E-state index is 6.58. The van der Waals surface area contributed by atoms with Crippen LogP contribution in [0.2, 0.25) is 10.0 Å². The van der Waals surface area contributed by atoms with Crippen LogP contribution < -0.4 is 5.32 Å². The zero-order valence-electron chi connectivity index (χ0n) is 16.9. The molecular formula is C26H20Cl2N2S. The smallest absolute Gasteiger partial charge is 0.124 e. The quantitative estimate of drug-likeness (QED) is 0.302. The van der Waals surface area contributed by atoms with Crippen LogP contribution in [0.4, 0.5) is 5.69 Å². The van der Waals surface area contributed by atoms with Crippen molar-refractivity contribution in [3.8, 4) is 10.6 Å². The van der Waals surface area contributed by atoms with E-state index in [-0.39, 0.29) is 6.04 Å². The van der Waals surface area contributed by atoms with Crippen molar-refractivity contribution in [3.63, 3.8) is 0 Å². The first-order valence-electron chi connectivity index (χ1n) is 10.5. The van der Waals surface area contributed by atoms with Crippen LogP contribution in [0, 0.1) is 12.8 Å². The Morgan fingerprint density at radius 1 is 1.00 bits per heavy atom. The van der Waals surface area contributed by atoms with Gasteiger partial charge in [0.25, 0.3) is 0 Å². The number of rotatable bonds is 2. The largest absolute Gasteiger partial charge is 0.378 e. The minimum Gasteiger partial charge on any atom is -0.378 e. The molecule has 2 nitrogen and oxygen atoms in total. The second-order valence-corrected chi connectivity index (χ2v) is 10.3. The molecule has 0 unspecified atom stereocenters.